The van der Waals surface area contributed by atoms with Crippen molar-refractivity contribution in [3.63, 3.8) is 0 Å². The van der Waals surface area contributed by atoms with Gasteiger partial charge in [-0.05, 0) is 43.6 Å². The topological polar surface area (TPSA) is 32.3 Å². The van der Waals surface area contributed by atoms with Gasteiger partial charge in [0.05, 0.1) is 0 Å². The van der Waals surface area contributed by atoms with Gasteiger partial charge in [0.15, 0.2) is 0 Å². The Kier molecular flexibility index (Phi) is 2.51. The van der Waals surface area contributed by atoms with E-state index in [1.807, 2.05) is 0 Å². The number of hydrogen-bond donors (Lipinski definition) is 1. The van der Waals surface area contributed by atoms with Gasteiger partial charge in [0.2, 0.25) is 5.91 Å². The molecule has 96 valence electrons. The van der Waals surface area contributed by atoms with E-state index >= 15 is 0 Å². The molecule has 1 aliphatic carbocycles. The van der Waals surface area contributed by atoms with Gasteiger partial charge in [0, 0.05) is 25.0 Å². The standard InChI is InChI=1S/C14H24N2O/c1-9-6-10(4-5-15-9)13(17)16-7-11-12(8-16)14(11,2)3/h9-12,15H,4-8H2,1-3H3/t9-,10-,11?,12?/m0/s1. The van der Waals surface area contributed by atoms with Gasteiger partial charge in [-0.1, -0.05) is 13.8 Å². The number of nitrogens with zero attached hydrogens (tertiary/aromatic N) is 1. The van der Waals surface area contributed by atoms with Crippen molar-refractivity contribution in [2.24, 2.45) is 23.2 Å². The monoisotopic (exact) mass is 236 g/mol. The van der Waals surface area contributed by atoms with Gasteiger partial charge in [-0.15, -0.1) is 0 Å². The number of rotatable bonds is 1. The first-order valence-electron chi connectivity index (χ1n) is 7.02. The largest absolute Gasteiger partial charge is 0.342 e. The van der Waals surface area contributed by atoms with Gasteiger partial charge in [-0.3, -0.25) is 4.79 Å². The molecule has 0 aromatic carbocycles. The Labute approximate surface area is 104 Å². The van der Waals surface area contributed by atoms with Crippen LogP contribution in [0.5, 0.6) is 0 Å². The van der Waals surface area contributed by atoms with Crippen LogP contribution in [0, 0.1) is 23.2 Å². The lowest BCUT2D eigenvalue weighted by Gasteiger charge is -2.31. The van der Waals surface area contributed by atoms with Crippen LogP contribution in [-0.4, -0.2) is 36.5 Å². The number of amides is 1. The summed E-state index contributed by atoms with van der Waals surface area (Å²) in [7, 11) is 0. The molecule has 0 bridgehead atoms. The number of piperidine rings is 2. The molecule has 3 fully saturated rings. The number of likely N-dealkylation sites (tertiary alicyclic amines) is 1. The number of carbonyl (C=O) groups is 1. The lowest BCUT2D eigenvalue weighted by Crippen LogP contribution is -2.44. The maximum atomic E-state index is 12.4. The highest BCUT2D eigenvalue weighted by molar-refractivity contribution is 5.79. The van der Waals surface area contributed by atoms with E-state index < -0.39 is 0 Å². The van der Waals surface area contributed by atoms with E-state index in [-0.39, 0.29) is 5.92 Å². The van der Waals surface area contributed by atoms with Gasteiger partial charge in [-0.25, -0.2) is 0 Å². The Morgan fingerprint density at radius 1 is 1.29 bits per heavy atom. The third-order valence-corrected chi connectivity index (χ3v) is 5.41. The van der Waals surface area contributed by atoms with Crippen molar-refractivity contribution in [1.82, 2.24) is 10.2 Å². The summed E-state index contributed by atoms with van der Waals surface area (Å²) in [5.74, 6) is 2.28. The van der Waals surface area contributed by atoms with Gasteiger partial charge in [0.1, 0.15) is 0 Å². The molecule has 1 amide bonds. The fraction of sp³-hybridized carbons (Fsp3) is 0.929. The van der Waals surface area contributed by atoms with Gasteiger partial charge < -0.3 is 10.2 Å². The normalized spacial score (nSPS) is 43.4. The van der Waals surface area contributed by atoms with Crippen LogP contribution in [0.25, 0.3) is 0 Å². The molecule has 4 atom stereocenters. The summed E-state index contributed by atoms with van der Waals surface area (Å²) in [4.78, 5) is 14.6. The Morgan fingerprint density at radius 3 is 2.53 bits per heavy atom. The van der Waals surface area contributed by atoms with E-state index in [0.29, 0.717) is 17.4 Å². The summed E-state index contributed by atoms with van der Waals surface area (Å²) in [6.07, 6.45) is 2.05. The van der Waals surface area contributed by atoms with Crippen molar-refractivity contribution in [2.45, 2.75) is 39.7 Å². The third-order valence-electron chi connectivity index (χ3n) is 5.41. The van der Waals surface area contributed by atoms with Crippen molar-refractivity contribution in [2.75, 3.05) is 19.6 Å². The second kappa shape index (κ2) is 3.71. The lowest BCUT2D eigenvalue weighted by atomic mass is 9.91. The molecule has 0 aromatic rings. The molecule has 2 unspecified atom stereocenters. The Morgan fingerprint density at radius 2 is 1.94 bits per heavy atom. The predicted molar refractivity (Wildman–Crippen MR) is 67.5 cm³/mol. The van der Waals surface area contributed by atoms with E-state index in [9.17, 15) is 4.79 Å². The van der Waals surface area contributed by atoms with Crippen molar-refractivity contribution in [1.29, 1.82) is 0 Å². The second-order valence-electron chi connectivity index (χ2n) is 6.85. The highest BCUT2D eigenvalue weighted by atomic mass is 16.2. The molecular formula is C14H24N2O. The zero-order chi connectivity index (χ0) is 12.2. The van der Waals surface area contributed by atoms with Gasteiger partial charge >= 0.3 is 0 Å². The SMILES string of the molecule is C[C@H]1C[C@@H](C(=O)N2CC3C(C2)C3(C)C)CCN1. The van der Waals surface area contributed by atoms with E-state index in [1.54, 1.807) is 0 Å². The van der Waals surface area contributed by atoms with Crippen LogP contribution < -0.4 is 5.32 Å². The maximum Gasteiger partial charge on any atom is 0.225 e. The van der Waals surface area contributed by atoms with Crippen LogP contribution in [0.2, 0.25) is 0 Å². The molecule has 0 aromatic heterocycles. The number of nitrogens with one attached hydrogen (secondary N) is 1. The Hall–Kier alpha value is -0.570. The molecule has 2 saturated heterocycles. The molecule has 1 saturated carbocycles. The van der Waals surface area contributed by atoms with Crippen LogP contribution in [0.15, 0.2) is 0 Å². The summed E-state index contributed by atoms with van der Waals surface area (Å²) in [6.45, 7) is 9.92. The van der Waals surface area contributed by atoms with Crippen LogP contribution in [0.3, 0.4) is 0 Å². The summed E-state index contributed by atoms with van der Waals surface area (Å²) >= 11 is 0. The first kappa shape index (κ1) is 11.5. The molecule has 3 nitrogen and oxygen atoms in total. The molecule has 2 heterocycles. The van der Waals surface area contributed by atoms with E-state index in [1.165, 1.54) is 0 Å². The van der Waals surface area contributed by atoms with Gasteiger partial charge in [-0.2, -0.15) is 0 Å². The van der Waals surface area contributed by atoms with Gasteiger partial charge in [0.25, 0.3) is 0 Å². The zero-order valence-electron chi connectivity index (χ0n) is 11.2. The number of carbonyl (C=O) groups excluding carboxylic acids is 1. The van der Waals surface area contributed by atoms with E-state index in [4.69, 9.17) is 0 Å². The zero-order valence-corrected chi connectivity index (χ0v) is 11.2. The summed E-state index contributed by atoms with van der Waals surface area (Å²) < 4.78 is 0. The average molecular weight is 236 g/mol. The highest BCUT2D eigenvalue weighted by Crippen LogP contribution is 2.62. The van der Waals surface area contributed by atoms with Crippen molar-refractivity contribution < 1.29 is 4.79 Å². The predicted octanol–water partition coefficient (Wildman–Crippen LogP) is 1.49. The molecule has 1 N–H and O–H groups in total. The molecule has 2 aliphatic heterocycles. The fourth-order valence-corrected chi connectivity index (χ4v) is 3.93. The molecule has 17 heavy (non-hydrogen) atoms. The minimum absolute atomic E-state index is 0.284. The molecular weight excluding hydrogens is 212 g/mol. The van der Waals surface area contributed by atoms with Crippen LogP contribution in [-0.2, 0) is 4.79 Å². The number of hydrogen-bond acceptors (Lipinski definition) is 2. The molecule has 3 rings (SSSR count). The third kappa shape index (κ3) is 1.79. The second-order valence-corrected chi connectivity index (χ2v) is 6.85. The Bertz CT molecular complexity index is 325. The lowest BCUT2D eigenvalue weighted by molar-refractivity contribution is -0.136. The minimum atomic E-state index is 0.284. The summed E-state index contributed by atoms with van der Waals surface area (Å²) in [5.41, 5.74) is 0.512. The van der Waals surface area contributed by atoms with E-state index in [2.05, 4.69) is 31.0 Å². The van der Waals surface area contributed by atoms with Crippen LogP contribution in [0.1, 0.15) is 33.6 Å². The summed E-state index contributed by atoms with van der Waals surface area (Å²) in [5, 5.41) is 3.42. The Balaban J connectivity index is 1.58. The summed E-state index contributed by atoms with van der Waals surface area (Å²) in [6, 6.07) is 0.506. The smallest absolute Gasteiger partial charge is 0.225 e. The molecule has 0 radical (unpaired) electrons. The van der Waals surface area contributed by atoms with Crippen molar-refractivity contribution in [3.05, 3.63) is 0 Å². The molecule has 3 heteroatoms. The first-order valence-corrected chi connectivity index (χ1v) is 7.02. The van der Waals surface area contributed by atoms with Crippen molar-refractivity contribution in [3.8, 4) is 0 Å². The number of fused-ring (bicyclic) bond motifs is 1. The quantitative estimate of drug-likeness (QED) is 0.748. The first-order chi connectivity index (χ1) is 8.00. The maximum absolute atomic E-state index is 12.4. The fourth-order valence-electron chi connectivity index (χ4n) is 3.93. The van der Waals surface area contributed by atoms with Crippen molar-refractivity contribution >= 4 is 5.91 Å². The minimum Gasteiger partial charge on any atom is -0.342 e. The average Bonchev–Trinajstić information content (AvgIpc) is 2.70. The van der Waals surface area contributed by atoms with E-state index in [0.717, 1.165) is 44.3 Å². The van der Waals surface area contributed by atoms with Crippen LogP contribution in [0.4, 0.5) is 0 Å². The molecule has 0 spiro atoms. The van der Waals surface area contributed by atoms with Crippen LogP contribution >= 0.6 is 0 Å². The highest BCUT2D eigenvalue weighted by Gasteiger charge is 2.62. The molecule has 3 aliphatic rings.